The highest BCUT2D eigenvalue weighted by Gasteiger charge is 2.08. The van der Waals surface area contributed by atoms with Gasteiger partial charge in [0.05, 0.1) is 10.6 Å². The number of thiophene rings is 2. The topological polar surface area (TPSA) is 50.7 Å². The zero-order valence-corrected chi connectivity index (χ0v) is 14.3. The first-order valence-electron chi connectivity index (χ1n) is 7.04. The molecule has 0 saturated heterocycles. The number of carbonyl (C=O) groups is 1. The average Bonchev–Trinajstić information content (AvgIpc) is 3.25. The van der Waals surface area contributed by atoms with E-state index in [1.165, 1.54) is 29.1 Å². The largest absolute Gasteiger partial charge is 0.437 e. The van der Waals surface area contributed by atoms with Crippen molar-refractivity contribution in [2.45, 2.75) is 6.92 Å². The summed E-state index contributed by atoms with van der Waals surface area (Å²) < 4.78 is 12.8. The molecular formula is C17H13FN2O2S2. The number of amides is 1. The number of halogens is 1. The quantitative estimate of drug-likeness (QED) is 0.375. The van der Waals surface area contributed by atoms with Crippen molar-refractivity contribution in [3.8, 4) is 9.75 Å². The van der Waals surface area contributed by atoms with Crippen molar-refractivity contribution < 1.29 is 14.0 Å². The average molecular weight is 360 g/mol. The van der Waals surface area contributed by atoms with E-state index >= 15 is 0 Å². The molecule has 24 heavy (non-hydrogen) atoms. The predicted octanol–water partition coefficient (Wildman–Crippen LogP) is 5.59. The van der Waals surface area contributed by atoms with Gasteiger partial charge in [-0.3, -0.25) is 10.2 Å². The van der Waals surface area contributed by atoms with Crippen molar-refractivity contribution in [1.82, 2.24) is 0 Å². The number of hydrogen-bond acceptors (Lipinski definition) is 5. The van der Waals surface area contributed by atoms with Gasteiger partial charge in [0.1, 0.15) is 5.82 Å². The summed E-state index contributed by atoms with van der Waals surface area (Å²) in [5, 5.41) is 8.35. The van der Waals surface area contributed by atoms with E-state index in [9.17, 15) is 9.18 Å². The summed E-state index contributed by atoms with van der Waals surface area (Å²) in [6, 6.07) is 13.4. The van der Waals surface area contributed by atoms with Crippen LogP contribution in [0.15, 0.2) is 59.1 Å². The van der Waals surface area contributed by atoms with Crippen LogP contribution in [0.5, 0.6) is 0 Å². The zero-order chi connectivity index (χ0) is 16.9. The lowest BCUT2D eigenvalue weighted by Gasteiger charge is -2.03. The number of hydrogen-bond donors (Lipinski definition) is 1. The van der Waals surface area contributed by atoms with Gasteiger partial charge in [0.15, 0.2) is 0 Å². The van der Waals surface area contributed by atoms with E-state index < -0.39 is 6.09 Å². The fraction of sp³-hybridized carbons (Fsp3) is 0.0588. The van der Waals surface area contributed by atoms with Gasteiger partial charge < -0.3 is 0 Å². The number of anilines is 1. The second-order valence-electron chi connectivity index (χ2n) is 4.83. The standard InChI is InChI=1S/C17H13FN2O2S2/c1-11(14-8-9-16(24-14)15-3-2-10-23-15)20-22-17(21)19-13-6-4-12(18)5-7-13/h2-10H,1H3,(H,19,21)/b20-11+. The SMILES string of the molecule is C/C(=N\OC(=O)Nc1ccc(F)cc1)c1ccc(-c2cccs2)s1. The highest BCUT2D eigenvalue weighted by molar-refractivity contribution is 7.22. The molecule has 0 aliphatic carbocycles. The molecule has 3 aromatic rings. The number of benzene rings is 1. The van der Waals surface area contributed by atoms with E-state index in [1.54, 1.807) is 29.6 Å². The van der Waals surface area contributed by atoms with Crippen LogP contribution in [0.25, 0.3) is 9.75 Å². The van der Waals surface area contributed by atoms with E-state index in [-0.39, 0.29) is 5.82 Å². The van der Waals surface area contributed by atoms with Crippen LogP contribution in [0.1, 0.15) is 11.8 Å². The molecule has 3 rings (SSSR count). The summed E-state index contributed by atoms with van der Waals surface area (Å²) in [5.74, 6) is -0.373. The molecule has 7 heteroatoms. The molecule has 0 bridgehead atoms. The molecule has 0 aliphatic rings. The lowest BCUT2D eigenvalue weighted by molar-refractivity contribution is 0.166. The van der Waals surface area contributed by atoms with E-state index in [2.05, 4.69) is 16.5 Å². The van der Waals surface area contributed by atoms with Crippen molar-refractivity contribution >= 4 is 40.2 Å². The first-order valence-corrected chi connectivity index (χ1v) is 8.74. The lowest BCUT2D eigenvalue weighted by Crippen LogP contribution is -2.11. The van der Waals surface area contributed by atoms with Crippen molar-refractivity contribution in [3.05, 3.63) is 64.6 Å². The summed E-state index contributed by atoms with van der Waals surface area (Å²) in [5.41, 5.74) is 1.04. The molecular weight excluding hydrogens is 347 g/mol. The molecule has 2 heterocycles. The molecule has 0 radical (unpaired) electrons. The summed E-state index contributed by atoms with van der Waals surface area (Å²) in [4.78, 5) is 19.8. The third-order valence-electron chi connectivity index (χ3n) is 3.08. The van der Waals surface area contributed by atoms with Crippen LogP contribution in [-0.4, -0.2) is 11.8 Å². The van der Waals surface area contributed by atoms with Gasteiger partial charge in [-0.2, -0.15) is 0 Å². The molecule has 1 aromatic carbocycles. The van der Waals surface area contributed by atoms with E-state index in [4.69, 9.17) is 4.84 Å². The number of carbonyl (C=O) groups excluding carboxylic acids is 1. The van der Waals surface area contributed by atoms with Gasteiger partial charge in [0, 0.05) is 15.4 Å². The van der Waals surface area contributed by atoms with Crippen molar-refractivity contribution in [2.24, 2.45) is 5.16 Å². The van der Waals surface area contributed by atoms with E-state index in [1.807, 2.05) is 23.6 Å². The Balaban J connectivity index is 1.61. The Morgan fingerprint density at radius 3 is 2.62 bits per heavy atom. The van der Waals surface area contributed by atoms with E-state index in [0.717, 1.165) is 9.75 Å². The third kappa shape index (κ3) is 4.06. The molecule has 0 aliphatic heterocycles. The Morgan fingerprint density at radius 2 is 1.92 bits per heavy atom. The molecule has 4 nitrogen and oxygen atoms in total. The maximum atomic E-state index is 12.8. The smallest absolute Gasteiger partial charge is 0.297 e. The van der Waals surface area contributed by atoms with Crippen molar-refractivity contribution in [1.29, 1.82) is 0 Å². The second-order valence-corrected chi connectivity index (χ2v) is 6.86. The molecule has 1 N–H and O–H groups in total. The first-order chi connectivity index (χ1) is 11.6. The van der Waals surface area contributed by atoms with Crippen LogP contribution in [0.3, 0.4) is 0 Å². The van der Waals surface area contributed by atoms with Gasteiger partial charge in [0.2, 0.25) is 0 Å². The van der Waals surface area contributed by atoms with Gasteiger partial charge in [-0.25, -0.2) is 9.18 Å². The third-order valence-corrected chi connectivity index (χ3v) is 5.34. The Labute approximate surface area is 146 Å². The number of rotatable bonds is 4. The number of nitrogens with one attached hydrogen (secondary N) is 1. The highest BCUT2D eigenvalue weighted by Crippen LogP contribution is 2.31. The lowest BCUT2D eigenvalue weighted by atomic mass is 10.3. The number of oxime groups is 1. The van der Waals surface area contributed by atoms with Crippen molar-refractivity contribution in [2.75, 3.05) is 5.32 Å². The molecule has 1 amide bonds. The molecule has 0 atom stereocenters. The van der Waals surface area contributed by atoms with Crippen LogP contribution in [0.4, 0.5) is 14.9 Å². The van der Waals surface area contributed by atoms with Crippen molar-refractivity contribution in [3.63, 3.8) is 0 Å². The second kappa shape index (κ2) is 7.37. The summed E-state index contributed by atoms with van der Waals surface area (Å²) in [7, 11) is 0. The Bertz CT molecular complexity index is 855. The van der Waals surface area contributed by atoms with Crippen LogP contribution < -0.4 is 5.32 Å². The maximum absolute atomic E-state index is 12.8. The van der Waals surface area contributed by atoms with Gasteiger partial charge in [-0.1, -0.05) is 11.2 Å². The summed E-state index contributed by atoms with van der Waals surface area (Å²) in [6.07, 6.45) is -0.726. The summed E-state index contributed by atoms with van der Waals surface area (Å²) in [6.45, 7) is 1.77. The molecule has 0 unspecified atom stereocenters. The molecule has 0 fully saturated rings. The van der Waals surface area contributed by atoms with Gasteiger partial charge in [-0.15, -0.1) is 22.7 Å². The van der Waals surface area contributed by atoms with Crippen LogP contribution in [0, 0.1) is 5.82 Å². The minimum Gasteiger partial charge on any atom is -0.297 e. The van der Waals surface area contributed by atoms with Gasteiger partial charge in [0.25, 0.3) is 0 Å². The van der Waals surface area contributed by atoms with Crippen LogP contribution in [0.2, 0.25) is 0 Å². The zero-order valence-electron chi connectivity index (χ0n) is 12.7. The monoisotopic (exact) mass is 360 g/mol. The molecule has 0 saturated carbocycles. The Morgan fingerprint density at radius 1 is 1.12 bits per heavy atom. The Hall–Kier alpha value is -2.51. The van der Waals surface area contributed by atoms with E-state index in [0.29, 0.717) is 11.4 Å². The number of nitrogens with zero attached hydrogens (tertiary/aromatic N) is 1. The minimum absolute atomic E-state index is 0.373. The highest BCUT2D eigenvalue weighted by atomic mass is 32.1. The summed E-state index contributed by atoms with van der Waals surface area (Å²) >= 11 is 3.25. The first kappa shape index (κ1) is 16.4. The maximum Gasteiger partial charge on any atom is 0.437 e. The molecule has 0 spiro atoms. The fourth-order valence-corrected chi connectivity index (χ4v) is 3.69. The molecule has 122 valence electrons. The van der Waals surface area contributed by atoms with Crippen LogP contribution >= 0.6 is 22.7 Å². The van der Waals surface area contributed by atoms with Crippen LogP contribution in [-0.2, 0) is 4.84 Å². The molecule has 2 aromatic heterocycles. The minimum atomic E-state index is -0.726. The fourth-order valence-electron chi connectivity index (χ4n) is 1.91. The Kier molecular flexibility index (Phi) is 5.02. The normalized spacial score (nSPS) is 11.3. The van der Waals surface area contributed by atoms with Gasteiger partial charge >= 0.3 is 6.09 Å². The van der Waals surface area contributed by atoms with Gasteiger partial charge in [-0.05, 0) is 54.8 Å². The predicted molar refractivity (Wildman–Crippen MR) is 96.3 cm³/mol.